The highest BCUT2D eigenvalue weighted by molar-refractivity contribution is 6.58. The van der Waals surface area contributed by atoms with Gasteiger partial charge in [0.15, 0.2) is 0 Å². The van der Waals surface area contributed by atoms with Crippen molar-refractivity contribution in [3.63, 3.8) is 0 Å². The Morgan fingerprint density at radius 2 is 1.18 bits per heavy atom. The van der Waals surface area contributed by atoms with Gasteiger partial charge in [-0.2, -0.15) is 0 Å². The van der Waals surface area contributed by atoms with Crippen LogP contribution < -0.4 is 10.4 Å². The molecule has 0 unspecified atom stereocenters. The van der Waals surface area contributed by atoms with Crippen LogP contribution in [0.4, 0.5) is 17.1 Å². The number of allylic oxidation sites excluding steroid dienone is 4. The van der Waals surface area contributed by atoms with Crippen molar-refractivity contribution >= 4 is 46.0 Å². The van der Waals surface area contributed by atoms with Crippen molar-refractivity contribution in [2.75, 3.05) is 4.90 Å². The SMILES string of the molecule is OB(O)c1ccc(N(c2ccc3c(c2)C2(C4=C3CCC=C4)c3ccccc3-c3ccccc32)c2ccc3ccccc3c2)cc1. The molecule has 214 valence electrons. The van der Waals surface area contributed by atoms with Crippen molar-refractivity contribution in [1.82, 2.24) is 0 Å². The summed E-state index contributed by atoms with van der Waals surface area (Å²) in [6.45, 7) is 0. The minimum absolute atomic E-state index is 0.384. The molecule has 3 aliphatic rings. The van der Waals surface area contributed by atoms with Gasteiger partial charge in [0, 0.05) is 17.1 Å². The second kappa shape index (κ2) is 9.93. The third-order valence-corrected chi connectivity index (χ3v) is 9.96. The molecule has 6 aromatic carbocycles. The van der Waals surface area contributed by atoms with Crippen LogP contribution in [0.25, 0.3) is 27.5 Å². The van der Waals surface area contributed by atoms with E-state index in [4.69, 9.17) is 0 Å². The van der Waals surface area contributed by atoms with Gasteiger partial charge in [-0.15, -0.1) is 0 Å². The van der Waals surface area contributed by atoms with Crippen molar-refractivity contribution in [3.05, 3.63) is 173 Å². The van der Waals surface area contributed by atoms with Crippen molar-refractivity contribution in [1.29, 1.82) is 0 Å². The Hall–Kier alpha value is -5.16. The highest BCUT2D eigenvalue weighted by atomic mass is 16.4. The molecule has 0 amide bonds. The summed E-state index contributed by atoms with van der Waals surface area (Å²) in [4.78, 5) is 2.29. The molecule has 1 spiro atoms. The van der Waals surface area contributed by atoms with E-state index in [1.807, 2.05) is 12.1 Å². The molecule has 6 aromatic rings. The van der Waals surface area contributed by atoms with Gasteiger partial charge >= 0.3 is 7.12 Å². The maximum atomic E-state index is 9.82. The van der Waals surface area contributed by atoms with E-state index in [0.29, 0.717) is 5.46 Å². The van der Waals surface area contributed by atoms with E-state index in [-0.39, 0.29) is 5.41 Å². The van der Waals surface area contributed by atoms with E-state index in [2.05, 4.69) is 126 Å². The van der Waals surface area contributed by atoms with Gasteiger partial charge in [0.1, 0.15) is 0 Å². The Labute approximate surface area is 263 Å². The van der Waals surface area contributed by atoms with Gasteiger partial charge in [0.05, 0.1) is 5.41 Å². The topological polar surface area (TPSA) is 43.7 Å². The maximum absolute atomic E-state index is 9.82. The van der Waals surface area contributed by atoms with Crippen LogP contribution in [0.2, 0.25) is 0 Å². The van der Waals surface area contributed by atoms with Crippen LogP contribution in [0.5, 0.6) is 0 Å². The average Bonchev–Trinajstić information content (AvgIpc) is 3.56. The van der Waals surface area contributed by atoms with Crippen molar-refractivity contribution in [2.45, 2.75) is 18.3 Å². The summed E-state index contributed by atoms with van der Waals surface area (Å²) in [5.74, 6) is 0. The molecular weight excluding hydrogens is 549 g/mol. The third-order valence-electron chi connectivity index (χ3n) is 9.96. The molecule has 0 fully saturated rings. The Morgan fingerprint density at radius 3 is 1.91 bits per heavy atom. The third kappa shape index (κ3) is 3.73. The lowest BCUT2D eigenvalue weighted by Gasteiger charge is -2.33. The van der Waals surface area contributed by atoms with Gasteiger partial charge in [-0.05, 0) is 110 Å². The van der Waals surface area contributed by atoms with Gasteiger partial charge in [0.25, 0.3) is 0 Å². The molecule has 3 nitrogen and oxygen atoms in total. The van der Waals surface area contributed by atoms with E-state index in [0.717, 1.165) is 29.9 Å². The second-order valence-electron chi connectivity index (χ2n) is 12.2. The Bertz CT molecular complexity index is 2170. The lowest BCUT2D eigenvalue weighted by atomic mass is 9.69. The molecule has 3 aliphatic carbocycles. The summed E-state index contributed by atoms with van der Waals surface area (Å²) in [6.07, 6.45) is 6.81. The Morgan fingerprint density at radius 1 is 0.556 bits per heavy atom. The van der Waals surface area contributed by atoms with Crippen LogP contribution in [-0.2, 0) is 5.41 Å². The molecule has 0 radical (unpaired) electrons. The summed E-state index contributed by atoms with van der Waals surface area (Å²) >= 11 is 0. The fourth-order valence-corrected chi connectivity index (χ4v) is 8.06. The van der Waals surface area contributed by atoms with Crippen LogP contribution in [-0.4, -0.2) is 17.2 Å². The fourth-order valence-electron chi connectivity index (χ4n) is 8.06. The molecule has 45 heavy (non-hydrogen) atoms. The van der Waals surface area contributed by atoms with E-state index in [1.165, 1.54) is 55.3 Å². The standard InChI is InChI=1S/C41H30BNO2/c44-42(45)29-18-21-30(22-19-29)43(31-20-17-27-9-1-2-10-28(27)25-31)32-23-24-36-35-13-5-8-16-39(35)41(40(36)26-32)37-14-6-3-11-33(37)34-12-4-7-15-38(34)41/h1-4,6-12,14-26,44-45H,5,13H2. The van der Waals surface area contributed by atoms with E-state index < -0.39 is 7.12 Å². The monoisotopic (exact) mass is 579 g/mol. The summed E-state index contributed by atoms with van der Waals surface area (Å²) in [6, 6.07) is 47.4. The number of benzene rings is 6. The largest absolute Gasteiger partial charge is 0.488 e. The summed E-state index contributed by atoms with van der Waals surface area (Å²) in [5.41, 5.74) is 14.0. The first-order chi connectivity index (χ1) is 22.1. The summed E-state index contributed by atoms with van der Waals surface area (Å²) in [5, 5.41) is 22.0. The molecule has 0 atom stereocenters. The Balaban J connectivity index is 1.31. The molecule has 4 heteroatoms. The minimum Gasteiger partial charge on any atom is -0.423 e. The zero-order valence-corrected chi connectivity index (χ0v) is 24.7. The number of rotatable bonds is 4. The van der Waals surface area contributed by atoms with Crippen LogP contribution in [0, 0.1) is 0 Å². The first-order valence-corrected chi connectivity index (χ1v) is 15.6. The Kier molecular flexibility index (Phi) is 5.80. The predicted octanol–water partition coefficient (Wildman–Crippen LogP) is 8.42. The molecule has 0 saturated carbocycles. The van der Waals surface area contributed by atoms with Crippen LogP contribution in [0.3, 0.4) is 0 Å². The van der Waals surface area contributed by atoms with Crippen molar-refractivity contribution in [3.8, 4) is 11.1 Å². The smallest absolute Gasteiger partial charge is 0.423 e. The predicted molar refractivity (Wildman–Crippen MR) is 186 cm³/mol. The average molecular weight is 580 g/mol. The van der Waals surface area contributed by atoms with Crippen molar-refractivity contribution in [2.24, 2.45) is 0 Å². The van der Waals surface area contributed by atoms with E-state index >= 15 is 0 Å². The number of hydrogen-bond acceptors (Lipinski definition) is 3. The van der Waals surface area contributed by atoms with Crippen molar-refractivity contribution < 1.29 is 10.0 Å². The van der Waals surface area contributed by atoms with Crippen LogP contribution in [0.1, 0.15) is 35.1 Å². The number of hydrogen-bond donors (Lipinski definition) is 2. The van der Waals surface area contributed by atoms with Gasteiger partial charge in [-0.1, -0.05) is 109 Å². The molecule has 0 aliphatic heterocycles. The molecule has 0 saturated heterocycles. The normalized spacial score (nSPS) is 15.2. The molecule has 0 bridgehead atoms. The zero-order chi connectivity index (χ0) is 30.1. The van der Waals surface area contributed by atoms with Crippen LogP contribution in [0.15, 0.2) is 151 Å². The lowest BCUT2D eigenvalue weighted by Crippen LogP contribution is -2.29. The molecule has 2 N–H and O–H groups in total. The number of fused-ring (bicyclic) bond motifs is 10. The maximum Gasteiger partial charge on any atom is 0.488 e. The molecule has 9 rings (SSSR count). The van der Waals surface area contributed by atoms with Crippen LogP contribution >= 0.6 is 0 Å². The van der Waals surface area contributed by atoms with Gasteiger partial charge in [0.2, 0.25) is 0 Å². The first-order valence-electron chi connectivity index (χ1n) is 15.6. The van der Waals surface area contributed by atoms with Gasteiger partial charge in [-0.3, -0.25) is 0 Å². The van der Waals surface area contributed by atoms with E-state index in [9.17, 15) is 10.0 Å². The zero-order valence-electron chi connectivity index (χ0n) is 24.7. The van der Waals surface area contributed by atoms with Gasteiger partial charge < -0.3 is 14.9 Å². The summed E-state index contributed by atoms with van der Waals surface area (Å²) < 4.78 is 0. The summed E-state index contributed by atoms with van der Waals surface area (Å²) in [7, 11) is -1.51. The lowest BCUT2D eigenvalue weighted by molar-refractivity contribution is 0.426. The quantitative estimate of drug-likeness (QED) is 0.206. The first kappa shape index (κ1) is 26.3. The van der Waals surface area contributed by atoms with E-state index in [1.54, 1.807) is 12.1 Å². The number of nitrogens with zero attached hydrogens (tertiary/aromatic N) is 1. The molecule has 0 aromatic heterocycles. The fraction of sp³-hybridized carbons (Fsp3) is 0.0732. The van der Waals surface area contributed by atoms with Gasteiger partial charge in [-0.25, -0.2) is 0 Å². The second-order valence-corrected chi connectivity index (χ2v) is 12.2. The minimum atomic E-state index is -1.51. The highest BCUT2D eigenvalue weighted by Crippen LogP contribution is 2.63. The molecular formula is C41H30BNO2. The molecule has 0 heterocycles. The highest BCUT2D eigenvalue weighted by Gasteiger charge is 2.52. The number of anilines is 3.